The number of ether oxygens (including phenoxy) is 1. The van der Waals surface area contributed by atoms with Gasteiger partial charge in [0.2, 0.25) is 23.6 Å². The van der Waals surface area contributed by atoms with E-state index in [4.69, 9.17) is 21.3 Å². The lowest BCUT2D eigenvalue weighted by Gasteiger charge is -2.33. The molecule has 180 valence electrons. The van der Waals surface area contributed by atoms with Gasteiger partial charge >= 0.3 is 0 Å². The highest BCUT2D eigenvalue weighted by atomic mass is 16.5. The van der Waals surface area contributed by atoms with E-state index in [9.17, 15) is 14.9 Å². The average Bonchev–Trinajstić information content (AvgIpc) is 3.40. The zero-order chi connectivity index (χ0) is 25.7. The number of hydrogen-bond acceptors (Lipinski definition) is 6. The first kappa shape index (κ1) is 22.1. The third-order valence-corrected chi connectivity index (χ3v) is 6.68. The first-order valence-corrected chi connectivity index (χ1v) is 11.5. The number of rotatable bonds is 4. The molecular weight excluding hydrogens is 468 g/mol. The lowest BCUT2D eigenvalue weighted by atomic mass is 9.68. The van der Waals surface area contributed by atoms with E-state index in [1.165, 1.54) is 4.90 Å². The number of nitrogens with zero attached hydrogens (tertiary/aromatic N) is 4. The number of para-hydroxylation sites is 2. The predicted molar refractivity (Wildman–Crippen MR) is 135 cm³/mol. The van der Waals surface area contributed by atoms with Crippen molar-refractivity contribution in [3.05, 3.63) is 108 Å². The van der Waals surface area contributed by atoms with Crippen molar-refractivity contribution in [2.24, 2.45) is 11.5 Å². The molecule has 0 bridgehead atoms. The summed E-state index contributed by atoms with van der Waals surface area (Å²) in [7, 11) is 0. The van der Waals surface area contributed by atoms with Crippen molar-refractivity contribution >= 4 is 17.5 Å². The minimum absolute atomic E-state index is 0.0748. The van der Waals surface area contributed by atoms with Gasteiger partial charge in [-0.05, 0) is 18.2 Å². The van der Waals surface area contributed by atoms with Crippen molar-refractivity contribution in [3.63, 3.8) is 0 Å². The minimum atomic E-state index is -1.70. The summed E-state index contributed by atoms with van der Waals surface area (Å²) < 4.78 is 7.64. The Morgan fingerprint density at radius 2 is 1.65 bits per heavy atom. The number of amides is 2. The number of benzene rings is 3. The van der Waals surface area contributed by atoms with Gasteiger partial charge in [-0.3, -0.25) is 9.59 Å². The van der Waals surface area contributed by atoms with Crippen LogP contribution in [0.5, 0.6) is 5.88 Å². The van der Waals surface area contributed by atoms with Crippen molar-refractivity contribution in [2.75, 3.05) is 11.4 Å². The lowest BCUT2D eigenvalue weighted by Crippen LogP contribution is -2.48. The quantitative estimate of drug-likeness (QED) is 0.453. The topological polar surface area (TPSA) is 140 Å². The lowest BCUT2D eigenvalue weighted by molar-refractivity contribution is -0.123. The van der Waals surface area contributed by atoms with E-state index in [2.05, 4.69) is 6.07 Å². The Kier molecular flexibility index (Phi) is 4.85. The standard InChI is InChI=1S/C28H20N6O3/c29-15-20-25(31)37-26-23(28(20)19-13-7-8-14-21(19)33(27(28)36)16-22(30)35)24(17-9-3-1-4-10-17)32-34(26)18-11-5-2-6-12-18/h1-14H,16,31H2,(H2,30,35). The van der Waals surface area contributed by atoms with Crippen LogP contribution in [0.4, 0.5) is 5.69 Å². The van der Waals surface area contributed by atoms with Crippen molar-refractivity contribution < 1.29 is 14.3 Å². The highest BCUT2D eigenvalue weighted by Gasteiger charge is 2.61. The molecule has 9 nitrogen and oxygen atoms in total. The molecule has 3 heterocycles. The number of hydrogen-bond donors (Lipinski definition) is 2. The van der Waals surface area contributed by atoms with Crippen LogP contribution in [-0.4, -0.2) is 28.1 Å². The van der Waals surface area contributed by atoms with E-state index in [0.29, 0.717) is 33.8 Å². The van der Waals surface area contributed by atoms with E-state index in [0.717, 1.165) is 0 Å². The van der Waals surface area contributed by atoms with Gasteiger partial charge in [0, 0.05) is 16.8 Å². The number of anilines is 1. The van der Waals surface area contributed by atoms with Gasteiger partial charge in [-0.15, -0.1) is 0 Å². The van der Waals surface area contributed by atoms with E-state index in [-0.39, 0.29) is 23.9 Å². The van der Waals surface area contributed by atoms with Crippen molar-refractivity contribution in [3.8, 4) is 28.9 Å². The van der Waals surface area contributed by atoms with Crippen LogP contribution < -0.4 is 21.1 Å². The first-order chi connectivity index (χ1) is 18.0. The maximum atomic E-state index is 14.5. The van der Waals surface area contributed by atoms with Crippen LogP contribution in [0.2, 0.25) is 0 Å². The zero-order valence-electron chi connectivity index (χ0n) is 19.5. The van der Waals surface area contributed by atoms with Crippen molar-refractivity contribution in [1.82, 2.24) is 9.78 Å². The summed E-state index contributed by atoms with van der Waals surface area (Å²) in [6, 6.07) is 27.7. The molecule has 0 aliphatic carbocycles. The molecule has 0 fully saturated rings. The van der Waals surface area contributed by atoms with Crippen molar-refractivity contribution in [2.45, 2.75) is 5.41 Å². The molecule has 2 aliphatic rings. The summed E-state index contributed by atoms with van der Waals surface area (Å²) in [6.07, 6.45) is 0. The second-order valence-electron chi connectivity index (χ2n) is 8.72. The summed E-state index contributed by atoms with van der Waals surface area (Å²) in [5.74, 6) is -1.21. The van der Waals surface area contributed by atoms with Crippen molar-refractivity contribution in [1.29, 1.82) is 5.26 Å². The average molecular weight is 489 g/mol. The molecule has 1 unspecified atom stereocenters. The Bertz CT molecular complexity index is 1650. The largest absolute Gasteiger partial charge is 0.422 e. The highest BCUT2D eigenvalue weighted by Crippen LogP contribution is 2.57. The second-order valence-corrected chi connectivity index (χ2v) is 8.72. The van der Waals surface area contributed by atoms with E-state index in [1.54, 1.807) is 28.9 Å². The van der Waals surface area contributed by atoms with Gasteiger partial charge in [-0.25, -0.2) is 0 Å². The molecule has 0 saturated carbocycles. The number of nitriles is 1. The third kappa shape index (κ3) is 2.99. The molecule has 2 amide bonds. The van der Waals surface area contributed by atoms with Crippen LogP contribution in [0.1, 0.15) is 11.1 Å². The first-order valence-electron chi connectivity index (χ1n) is 11.5. The molecule has 6 rings (SSSR count). The highest BCUT2D eigenvalue weighted by molar-refractivity contribution is 6.16. The van der Waals surface area contributed by atoms with Gasteiger partial charge in [0.05, 0.1) is 11.3 Å². The normalized spacial score (nSPS) is 17.8. The molecule has 1 aromatic heterocycles. The number of carbonyl (C=O) groups is 2. The van der Waals surface area contributed by atoms with Gasteiger partial charge in [0.1, 0.15) is 29.3 Å². The van der Waals surface area contributed by atoms with Gasteiger partial charge in [0.15, 0.2) is 0 Å². The molecular formula is C28H20N6O3. The van der Waals surface area contributed by atoms with Crippen LogP contribution in [0.3, 0.4) is 0 Å². The van der Waals surface area contributed by atoms with Crippen LogP contribution in [-0.2, 0) is 15.0 Å². The van der Waals surface area contributed by atoms with Crippen LogP contribution in [0.25, 0.3) is 16.9 Å². The van der Waals surface area contributed by atoms with Gasteiger partial charge in [0.25, 0.3) is 0 Å². The third-order valence-electron chi connectivity index (χ3n) is 6.68. The molecule has 37 heavy (non-hydrogen) atoms. The van der Waals surface area contributed by atoms with E-state index >= 15 is 0 Å². The molecule has 0 saturated heterocycles. The predicted octanol–water partition coefficient (Wildman–Crippen LogP) is 2.74. The molecule has 4 N–H and O–H groups in total. The number of aromatic nitrogens is 2. The zero-order valence-corrected chi connectivity index (χ0v) is 19.5. The smallest absolute Gasteiger partial charge is 0.248 e. The van der Waals surface area contributed by atoms with E-state index < -0.39 is 17.2 Å². The Balaban J connectivity index is 1.77. The Labute approximate surface area is 211 Å². The fraction of sp³-hybridized carbons (Fsp3) is 0.0714. The fourth-order valence-electron chi connectivity index (χ4n) is 5.23. The Morgan fingerprint density at radius 1 is 1.00 bits per heavy atom. The monoisotopic (exact) mass is 488 g/mol. The number of fused-ring (bicyclic) bond motifs is 4. The van der Waals surface area contributed by atoms with Crippen LogP contribution in [0.15, 0.2) is 96.4 Å². The van der Waals surface area contributed by atoms with Crippen LogP contribution >= 0.6 is 0 Å². The maximum absolute atomic E-state index is 14.5. The minimum Gasteiger partial charge on any atom is -0.422 e. The molecule has 4 aromatic rings. The van der Waals surface area contributed by atoms with Gasteiger partial charge < -0.3 is 21.1 Å². The Hall–Kier alpha value is -5.36. The molecule has 9 heteroatoms. The molecule has 1 atom stereocenters. The summed E-state index contributed by atoms with van der Waals surface area (Å²) in [5.41, 5.74) is 13.3. The van der Waals surface area contributed by atoms with Gasteiger partial charge in [-0.2, -0.15) is 15.0 Å². The molecule has 2 aliphatic heterocycles. The summed E-state index contributed by atoms with van der Waals surface area (Å²) >= 11 is 0. The van der Waals surface area contributed by atoms with E-state index in [1.807, 2.05) is 60.7 Å². The Morgan fingerprint density at radius 3 is 2.32 bits per heavy atom. The second kappa shape index (κ2) is 8.10. The molecule has 1 spiro atoms. The van der Waals surface area contributed by atoms with Crippen LogP contribution in [0, 0.1) is 11.3 Å². The maximum Gasteiger partial charge on any atom is 0.248 e. The fourth-order valence-corrected chi connectivity index (χ4v) is 5.23. The van der Waals surface area contributed by atoms with Gasteiger partial charge in [-0.1, -0.05) is 66.7 Å². The summed E-state index contributed by atoms with van der Waals surface area (Å²) in [4.78, 5) is 27.8. The SMILES string of the molecule is N#CC1=C(N)Oc2c(c(-c3ccccc3)nn2-c2ccccc2)C12C(=O)N(CC(N)=O)c1ccccc12. The number of nitrogens with two attached hydrogens (primary N) is 2. The summed E-state index contributed by atoms with van der Waals surface area (Å²) in [6.45, 7) is -0.361. The summed E-state index contributed by atoms with van der Waals surface area (Å²) in [5, 5.41) is 15.2. The molecule has 3 aromatic carbocycles. The number of carbonyl (C=O) groups excluding carboxylic acids is 2. The number of primary amides is 1. The molecule has 0 radical (unpaired) electrons.